The maximum Gasteiger partial charge on any atom is 0.315 e. The van der Waals surface area contributed by atoms with Gasteiger partial charge in [-0.2, -0.15) is 0 Å². The van der Waals surface area contributed by atoms with Gasteiger partial charge in [-0.05, 0) is 24.8 Å². The number of rotatable bonds is 6. The molecule has 0 aliphatic heterocycles. The van der Waals surface area contributed by atoms with E-state index in [0.29, 0.717) is 18.1 Å². The molecule has 2 atom stereocenters. The Bertz CT molecular complexity index is 502. The Hall–Kier alpha value is -1.62. The minimum absolute atomic E-state index is 0.133. The second-order valence-electron chi connectivity index (χ2n) is 5.14. The molecule has 0 fully saturated rings. The second-order valence-corrected chi connectivity index (χ2v) is 6.72. The Morgan fingerprint density at radius 3 is 2.81 bits per heavy atom. The van der Waals surface area contributed by atoms with Crippen molar-refractivity contribution in [3.05, 3.63) is 48.0 Å². The van der Waals surface area contributed by atoms with E-state index in [9.17, 15) is 9.00 Å². The lowest BCUT2D eigenvalue weighted by atomic mass is 10.0. The summed E-state index contributed by atoms with van der Waals surface area (Å²) in [6, 6.07) is 9.71. The van der Waals surface area contributed by atoms with Crippen LogP contribution < -0.4 is 10.6 Å². The molecule has 0 bridgehead atoms. The van der Waals surface area contributed by atoms with Crippen LogP contribution in [0.5, 0.6) is 0 Å². The molecule has 4 nitrogen and oxygen atoms in total. The molecule has 2 N–H and O–H groups in total. The fourth-order valence-corrected chi connectivity index (χ4v) is 3.30. The summed E-state index contributed by atoms with van der Waals surface area (Å²) in [5.74, 6) is 1.01. The van der Waals surface area contributed by atoms with Crippen molar-refractivity contribution in [1.82, 2.24) is 10.6 Å². The number of amides is 2. The number of hydrogen-bond acceptors (Lipinski definition) is 2. The summed E-state index contributed by atoms with van der Waals surface area (Å²) >= 11 is 0. The third kappa shape index (κ3) is 6.12. The van der Waals surface area contributed by atoms with Gasteiger partial charge >= 0.3 is 6.03 Å². The Kier molecular flexibility index (Phi) is 6.47. The minimum Gasteiger partial charge on any atom is -0.337 e. The lowest BCUT2D eigenvalue weighted by Crippen LogP contribution is -2.42. The molecule has 2 rings (SSSR count). The molecule has 0 aromatic heterocycles. The average molecular weight is 306 g/mol. The number of benzene rings is 1. The van der Waals surface area contributed by atoms with Gasteiger partial charge in [0, 0.05) is 34.9 Å². The van der Waals surface area contributed by atoms with Gasteiger partial charge in [0.25, 0.3) is 0 Å². The molecule has 0 unspecified atom stereocenters. The van der Waals surface area contributed by atoms with Crippen LogP contribution >= 0.6 is 0 Å². The van der Waals surface area contributed by atoms with Gasteiger partial charge in [0.05, 0.1) is 0 Å². The highest BCUT2D eigenvalue weighted by molar-refractivity contribution is 7.84. The molecule has 0 radical (unpaired) electrons. The first-order chi connectivity index (χ1) is 10.2. The van der Waals surface area contributed by atoms with Crippen LogP contribution in [0.3, 0.4) is 0 Å². The highest BCUT2D eigenvalue weighted by Crippen LogP contribution is 2.09. The van der Waals surface area contributed by atoms with Crippen molar-refractivity contribution in [3.63, 3.8) is 0 Å². The van der Waals surface area contributed by atoms with E-state index in [4.69, 9.17) is 0 Å². The summed E-state index contributed by atoms with van der Waals surface area (Å²) < 4.78 is 11.9. The minimum atomic E-state index is -0.951. The topological polar surface area (TPSA) is 58.2 Å². The maximum absolute atomic E-state index is 11.9. The fraction of sp³-hybridized carbons (Fsp3) is 0.438. The smallest absolute Gasteiger partial charge is 0.315 e. The molecule has 114 valence electrons. The number of carbonyl (C=O) groups excluding carboxylic acids is 1. The molecule has 1 aromatic rings. The molecule has 0 heterocycles. The average Bonchev–Trinajstić information content (AvgIpc) is 2.49. The van der Waals surface area contributed by atoms with Gasteiger partial charge in [-0.25, -0.2) is 4.79 Å². The van der Waals surface area contributed by atoms with E-state index in [2.05, 4.69) is 16.7 Å². The molecular formula is C16H22N2O2S. The van der Waals surface area contributed by atoms with Gasteiger partial charge in [-0.15, -0.1) is 0 Å². The number of urea groups is 1. The standard InChI is InChI=1S/C16H22N2O2S/c19-16(18-15-9-5-2-6-10-15)17-11-12-21(20)13-14-7-3-1-4-8-14/h1,3-5,7-9,15H,2,6,10-13H2,(H2,17,18,19)/t15-,21+/m1/s1. The van der Waals surface area contributed by atoms with Crippen molar-refractivity contribution in [2.24, 2.45) is 0 Å². The van der Waals surface area contributed by atoms with Crippen molar-refractivity contribution in [2.45, 2.75) is 31.1 Å². The van der Waals surface area contributed by atoms with Gasteiger partial charge in [0.2, 0.25) is 0 Å². The molecule has 1 aliphatic carbocycles. The first-order valence-corrected chi connectivity index (χ1v) is 8.83. The number of carbonyl (C=O) groups is 1. The third-order valence-electron chi connectivity index (χ3n) is 3.36. The normalized spacial score (nSPS) is 19.0. The van der Waals surface area contributed by atoms with Gasteiger partial charge in [-0.1, -0.05) is 42.5 Å². The Balaban J connectivity index is 1.62. The second kappa shape index (κ2) is 8.62. The van der Waals surface area contributed by atoms with Crippen molar-refractivity contribution in [1.29, 1.82) is 0 Å². The largest absolute Gasteiger partial charge is 0.337 e. The van der Waals surface area contributed by atoms with Gasteiger partial charge in [-0.3, -0.25) is 4.21 Å². The van der Waals surface area contributed by atoms with Crippen molar-refractivity contribution < 1.29 is 9.00 Å². The van der Waals surface area contributed by atoms with E-state index in [1.807, 2.05) is 36.4 Å². The van der Waals surface area contributed by atoms with Crippen LogP contribution in [-0.4, -0.2) is 28.6 Å². The molecule has 1 aliphatic rings. The Labute approximate surface area is 128 Å². The summed E-state index contributed by atoms with van der Waals surface area (Å²) in [6.07, 6.45) is 7.34. The molecule has 0 saturated heterocycles. The fourth-order valence-electron chi connectivity index (χ4n) is 2.26. The van der Waals surface area contributed by atoms with E-state index in [-0.39, 0.29) is 12.1 Å². The number of nitrogens with one attached hydrogen (secondary N) is 2. The molecule has 1 aromatic carbocycles. The Morgan fingerprint density at radius 2 is 2.10 bits per heavy atom. The van der Waals surface area contributed by atoms with Crippen LogP contribution in [0.4, 0.5) is 4.79 Å². The molecule has 0 saturated carbocycles. The molecule has 5 heteroatoms. The molecule has 2 amide bonds. The molecule has 21 heavy (non-hydrogen) atoms. The summed E-state index contributed by atoms with van der Waals surface area (Å²) in [5, 5.41) is 5.68. The predicted octanol–water partition coefficient (Wildman–Crippen LogP) is 2.34. The summed E-state index contributed by atoms with van der Waals surface area (Å²) in [4.78, 5) is 11.7. The Morgan fingerprint density at radius 1 is 1.29 bits per heavy atom. The highest BCUT2D eigenvalue weighted by Gasteiger charge is 2.11. The first-order valence-electron chi connectivity index (χ1n) is 7.34. The number of allylic oxidation sites excluding steroid dienone is 1. The van der Waals surface area contributed by atoms with Gasteiger partial charge in [0.1, 0.15) is 0 Å². The maximum atomic E-state index is 11.9. The zero-order valence-electron chi connectivity index (χ0n) is 12.1. The molecular weight excluding hydrogens is 284 g/mol. The van der Waals surface area contributed by atoms with E-state index in [0.717, 1.165) is 24.8 Å². The van der Waals surface area contributed by atoms with E-state index in [1.165, 1.54) is 0 Å². The van der Waals surface area contributed by atoms with Crippen LogP contribution in [0, 0.1) is 0 Å². The van der Waals surface area contributed by atoms with Crippen LogP contribution in [0.2, 0.25) is 0 Å². The van der Waals surface area contributed by atoms with Crippen LogP contribution in [0.25, 0.3) is 0 Å². The lowest BCUT2D eigenvalue weighted by Gasteiger charge is -2.18. The number of hydrogen-bond donors (Lipinski definition) is 2. The van der Waals surface area contributed by atoms with E-state index in [1.54, 1.807) is 0 Å². The van der Waals surface area contributed by atoms with E-state index >= 15 is 0 Å². The predicted molar refractivity (Wildman–Crippen MR) is 86.5 cm³/mol. The zero-order valence-corrected chi connectivity index (χ0v) is 12.9. The zero-order chi connectivity index (χ0) is 14.9. The van der Waals surface area contributed by atoms with Crippen LogP contribution in [0.15, 0.2) is 42.5 Å². The van der Waals surface area contributed by atoms with Gasteiger partial charge < -0.3 is 10.6 Å². The van der Waals surface area contributed by atoms with Crippen LogP contribution in [-0.2, 0) is 16.6 Å². The van der Waals surface area contributed by atoms with Crippen molar-refractivity contribution >= 4 is 16.8 Å². The SMILES string of the molecule is O=C(NCC[S@](=O)Cc1ccccc1)N[C@@H]1C=CCCC1. The summed E-state index contributed by atoms with van der Waals surface area (Å²) in [5.41, 5.74) is 1.06. The lowest BCUT2D eigenvalue weighted by molar-refractivity contribution is 0.238. The van der Waals surface area contributed by atoms with E-state index < -0.39 is 10.8 Å². The first kappa shape index (κ1) is 15.8. The summed E-state index contributed by atoms with van der Waals surface area (Å²) in [7, 11) is -0.951. The van der Waals surface area contributed by atoms with Crippen LogP contribution in [0.1, 0.15) is 24.8 Å². The van der Waals surface area contributed by atoms with Crippen molar-refractivity contribution in [2.75, 3.05) is 12.3 Å². The quantitative estimate of drug-likeness (QED) is 0.793. The highest BCUT2D eigenvalue weighted by atomic mass is 32.2. The third-order valence-corrected chi connectivity index (χ3v) is 4.67. The monoisotopic (exact) mass is 306 g/mol. The van der Waals surface area contributed by atoms with Crippen molar-refractivity contribution in [3.8, 4) is 0 Å². The van der Waals surface area contributed by atoms with Gasteiger partial charge in [0.15, 0.2) is 0 Å². The molecule has 0 spiro atoms. The summed E-state index contributed by atoms with van der Waals surface area (Å²) in [6.45, 7) is 0.432.